The van der Waals surface area contributed by atoms with E-state index in [1.807, 2.05) is 50.2 Å². The highest BCUT2D eigenvalue weighted by Gasteiger charge is 2.13. The van der Waals surface area contributed by atoms with Gasteiger partial charge in [-0.1, -0.05) is 12.1 Å². The van der Waals surface area contributed by atoms with Crippen molar-refractivity contribution in [1.29, 1.82) is 0 Å². The molecule has 0 spiro atoms. The van der Waals surface area contributed by atoms with Crippen LogP contribution >= 0.6 is 0 Å². The van der Waals surface area contributed by atoms with Crippen molar-refractivity contribution < 1.29 is 4.79 Å². The summed E-state index contributed by atoms with van der Waals surface area (Å²) in [6, 6.07) is 7.56. The van der Waals surface area contributed by atoms with Crippen LogP contribution in [0.15, 0.2) is 24.3 Å². The average Bonchev–Trinajstić information content (AvgIpc) is 2.43. The molecule has 0 atom stereocenters. The maximum absolute atomic E-state index is 12.3. The molecule has 0 bridgehead atoms. The first-order valence-corrected chi connectivity index (χ1v) is 6.81. The van der Waals surface area contributed by atoms with Gasteiger partial charge in [-0.2, -0.15) is 0 Å². The van der Waals surface area contributed by atoms with Crippen LogP contribution in [0.5, 0.6) is 0 Å². The lowest BCUT2D eigenvalue weighted by Gasteiger charge is -2.22. The van der Waals surface area contributed by atoms with Crippen molar-refractivity contribution in [3.05, 3.63) is 35.4 Å². The predicted molar refractivity (Wildman–Crippen MR) is 79.1 cm³/mol. The molecule has 1 aromatic rings. The third-order valence-corrected chi connectivity index (χ3v) is 3.14. The molecule has 0 aliphatic heterocycles. The number of carbonyl (C=O) groups excluding carboxylic acids is 1. The van der Waals surface area contributed by atoms with E-state index in [-0.39, 0.29) is 5.91 Å². The molecule has 2 N–H and O–H groups in total. The van der Waals surface area contributed by atoms with Gasteiger partial charge in [0.15, 0.2) is 0 Å². The Kier molecular flexibility index (Phi) is 6.53. The highest BCUT2D eigenvalue weighted by molar-refractivity contribution is 5.94. The highest BCUT2D eigenvalue weighted by atomic mass is 16.2. The van der Waals surface area contributed by atoms with E-state index < -0.39 is 0 Å². The molecule has 0 radical (unpaired) electrons. The second-order valence-electron chi connectivity index (χ2n) is 4.94. The first-order chi connectivity index (χ1) is 9.08. The van der Waals surface area contributed by atoms with E-state index >= 15 is 0 Å². The molecule has 0 saturated heterocycles. The van der Waals surface area contributed by atoms with Gasteiger partial charge >= 0.3 is 0 Å². The summed E-state index contributed by atoms with van der Waals surface area (Å²) in [6.07, 6.45) is 0.994. The Labute approximate surface area is 116 Å². The zero-order valence-electron chi connectivity index (χ0n) is 12.2. The van der Waals surface area contributed by atoms with E-state index in [0.29, 0.717) is 6.54 Å². The van der Waals surface area contributed by atoms with Gasteiger partial charge in [-0.15, -0.1) is 0 Å². The molecule has 0 saturated carbocycles. The Bertz CT molecular complexity index is 387. The summed E-state index contributed by atoms with van der Waals surface area (Å²) in [7, 11) is 4.09. The quantitative estimate of drug-likeness (QED) is 0.812. The highest BCUT2D eigenvalue weighted by Crippen LogP contribution is 2.08. The van der Waals surface area contributed by atoms with Crippen LogP contribution in [-0.4, -0.2) is 49.4 Å². The summed E-state index contributed by atoms with van der Waals surface area (Å²) in [4.78, 5) is 16.4. The lowest BCUT2D eigenvalue weighted by molar-refractivity contribution is 0.0759. The molecule has 0 aliphatic rings. The predicted octanol–water partition coefficient (Wildman–Crippen LogP) is 1.56. The van der Waals surface area contributed by atoms with Gasteiger partial charge in [0.2, 0.25) is 0 Å². The van der Waals surface area contributed by atoms with Crippen LogP contribution in [0.2, 0.25) is 0 Å². The van der Waals surface area contributed by atoms with Crippen molar-refractivity contribution in [3.8, 4) is 0 Å². The molecule has 4 nitrogen and oxygen atoms in total. The number of hydrogen-bond donors (Lipinski definition) is 1. The molecule has 106 valence electrons. The van der Waals surface area contributed by atoms with Crippen LogP contribution in [0.3, 0.4) is 0 Å². The number of amides is 1. The SMILES string of the molecule is CCN(CCCN(C)C)C(=O)c1ccc(CN)cc1. The van der Waals surface area contributed by atoms with E-state index in [1.165, 1.54) is 0 Å². The van der Waals surface area contributed by atoms with Crippen LogP contribution in [0.4, 0.5) is 0 Å². The standard InChI is InChI=1S/C15H25N3O/c1-4-18(11-5-10-17(2)3)15(19)14-8-6-13(12-16)7-9-14/h6-9H,4-5,10-12,16H2,1-3H3. The van der Waals surface area contributed by atoms with Gasteiger partial charge in [-0.05, 0) is 51.7 Å². The summed E-state index contributed by atoms with van der Waals surface area (Å²) in [5.74, 6) is 0.102. The van der Waals surface area contributed by atoms with Crippen LogP contribution in [0, 0.1) is 0 Å². The van der Waals surface area contributed by atoms with Gasteiger partial charge < -0.3 is 15.5 Å². The van der Waals surface area contributed by atoms with Crippen LogP contribution < -0.4 is 5.73 Å². The normalized spacial score (nSPS) is 10.8. The maximum atomic E-state index is 12.3. The number of carbonyl (C=O) groups is 1. The second kappa shape index (κ2) is 7.92. The van der Waals surface area contributed by atoms with Crippen molar-refractivity contribution in [2.24, 2.45) is 5.73 Å². The fourth-order valence-corrected chi connectivity index (χ4v) is 1.95. The molecule has 1 aromatic carbocycles. The zero-order valence-corrected chi connectivity index (χ0v) is 12.2. The minimum atomic E-state index is 0.102. The monoisotopic (exact) mass is 263 g/mol. The molecule has 0 fully saturated rings. The van der Waals surface area contributed by atoms with E-state index in [4.69, 9.17) is 5.73 Å². The molecule has 4 heteroatoms. The van der Waals surface area contributed by atoms with Gasteiger partial charge in [-0.3, -0.25) is 4.79 Å². The van der Waals surface area contributed by atoms with Gasteiger partial charge in [-0.25, -0.2) is 0 Å². The molecule has 0 heterocycles. The fourth-order valence-electron chi connectivity index (χ4n) is 1.95. The van der Waals surface area contributed by atoms with Crippen LogP contribution in [0.1, 0.15) is 29.3 Å². The topological polar surface area (TPSA) is 49.6 Å². The molecule has 1 rings (SSSR count). The van der Waals surface area contributed by atoms with Crippen molar-refractivity contribution >= 4 is 5.91 Å². The summed E-state index contributed by atoms with van der Waals surface area (Å²) in [5.41, 5.74) is 7.34. The van der Waals surface area contributed by atoms with E-state index in [9.17, 15) is 4.79 Å². The summed E-state index contributed by atoms with van der Waals surface area (Å²) in [5, 5.41) is 0. The van der Waals surface area contributed by atoms with Gasteiger partial charge in [0.25, 0.3) is 5.91 Å². The third kappa shape index (κ3) is 5.01. The van der Waals surface area contributed by atoms with Gasteiger partial charge in [0.05, 0.1) is 0 Å². The van der Waals surface area contributed by atoms with Crippen molar-refractivity contribution in [1.82, 2.24) is 9.80 Å². The smallest absolute Gasteiger partial charge is 0.253 e. The largest absolute Gasteiger partial charge is 0.339 e. The first kappa shape index (κ1) is 15.7. The molecule has 0 unspecified atom stereocenters. The summed E-state index contributed by atoms with van der Waals surface area (Å²) in [6.45, 7) is 5.06. The third-order valence-electron chi connectivity index (χ3n) is 3.14. The van der Waals surface area contributed by atoms with Crippen molar-refractivity contribution in [3.63, 3.8) is 0 Å². The Hall–Kier alpha value is -1.39. The molecule has 1 amide bonds. The number of nitrogens with two attached hydrogens (primary N) is 1. The number of nitrogens with zero attached hydrogens (tertiary/aromatic N) is 2. The molecule has 19 heavy (non-hydrogen) atoms. The second-order valence-corrected chi connectivity index (χ2v) is 4.94. The molecular formula is C15H25N3O. The zero-order chi connectivity index (χ0) is 14.3. The van der Waals surface area contributed by atoms with Crippen LogP contribution in [-0.2, 0) is 6.54 Å². The van der Waals surface area contributed by atoms with E-state index in [0.717, 1.165) is 37.2 Å². The van der Waals surface area contributed by atoms with Gasteiger partial charge in [0, 0.05) is 25.2 Å². The Morgan fingerprint density at radius 2 is 1.79 bits per heavy atom. The number of hydrogen-bond acceptors (Lipinski definition) is 3. The minimum absolute atomic E-state index is 0.102. The van der Waals surface area contributed by atoms with Crippen molar-refractivity contribution in [2.45, 2.75) is 19.9 Å². The number of rotatable bonds is 7. The Morgan fingerprint density at radius 3 is 2.26 bits per heavy atom. The number of benzene rings is 1. The summed E-state index contributed by atoms with van der Waals surface area (Å²) < 4.78 is 0. The van der Waals surface area contributed by atoms with Crippen molar-refractivity contribution in [2.75, 3.05) is 33.7 Å². The molecular weight excluding hydrogens is 238 g/mol. The Balaban J connectivity index is 2.61. The lowest BCUT2D eigenvalue weighted by atomic mass is 10.1. The Morgan fingerprint density at radius 1 is 1.16 bits per heavy atom. The first-order valence-electron chi connectivity index (χ1n) is 6.81. The fraction of sp³-hybridized carbons (Fsp3) is 0.533. The van der Waals surface area contributed by atoms with Gasteiger partial charge in [0.1, 0.15) is 0 Å². The lowest BCUT2D eigenvalue weighted by Crippen LogP contribution is -2.33. The molecule has 0 aromatic heterocycles. The minimum Gasteiger partial charge on any atom is -0.339 e. The summed E-state index contributed by atoms with van der Waals surface area (Å²) >= 11 is 0. The van der Waals surface area contributed by atoms with Crippen LogP contribution in [0.25, 0.3) is 0 Å². The average molecular weight is 263 g/mol. The van der Waals surface area contributed by atoms with E-state index in [2.05, 4.69) is 4.90 Å². The van der Waals surface area contributed by atoms with E-state index in [1.54, 1.807) is 0 Å². The molecule has 0 aliphatic carbocycles. The maximum Gasteiger partial charge on any atom is 0.253 e.